The third kappa shape index (κ3) is 5.74. The number of rotatable bonds is 10. The molecule has 0 fully saturated rings. The van der Waals surface area contributed by atoms with E-state index in [1.165, 1.54) is 14.0 Å². The van der Waals surface area contributed by atoms with Crippen LogP contribution in [0.2, 0.25) is 0 Å². The predicted molar refractivity (Wildman–Crippen MR) is 104 cm³/mol. The molecule has 0 radical (unpaired) electrons. The Morgan fingerprint density at radius 1 is 1.36 bits per heavy atom. The molecule has 0 aliphatic heterocycles. The predicted octanol–water partition coefficient (Wildman–Crippen LogP) is 0.298. The van der Waals surface area contributed by atoms with Gasteiger partial charge in [0, 0.05) is 19.4 Å². The van der Waals surface area contributed by atoms with Crippen molar-refractivity contribution in [2.24, 2.45) is 5.92 Å². The van der Waals surface area contributed by atoms with Crippen molar-refractivity contribution in [3.8, 4) is 5.88 Å². The van der Waals surface area contributed by atoms with Crippen molar-refractivity contribution in [1.29, 1.82) is 0 Å². The highest BCUT2D eigenvalue weighted by molar-refractivity contribution is 7.13. The Bertz CT molecular complexity index is 829. The number of methoxy groups -OCH3 is 1. The van der Waals surface area contributed by atoms with E-state index in [2.05, 4.69) is 29.4 Å². The molecule has 0 saturated carbocycles. The molecule has 12 heteroatoms. The molecule has 2 aromatic heterocycles. The Balaban J connectivity index is 2.11. The number of carbonyl (C=O) groups excluding carboxylic acids is 2. The third-order valence-electron chi connectivity index (χ3n) is 3.99. The molecule has 0 aliphatic carbocycles. The molecular weight excluding hydrogens is 387 g/mol. The second kappa shape index (κ2) is 10.1. The number of hydrogen-bond donors (Lipinski definition) is 2. The fraction of sp³-hybridized carbons (Fsp3) is 0.562. The van der Waals surface area contributed by atoms with E-state index in [4.69, 9.17) is 19.9 Å². The van der Waals surface area contributed by atoms with Gasteiger partial charge in [-0.2, -0.15) is 9.97 Å². The molecule has 2 heterocycles. The molecule has 0 bridgehead atoms. The van der Waals surface area contributed by atoms with Crippen LogP contribution in [0.4, 0.5) is 5.95 Å². The summed E-state index contributed by atoms with van der Waals surface area (Å²) in [4.78, 5) is 35.5. The largest absolute Gasteiger partial charge is 0.479 e. The first-order valence-electron chi connectivity index (χ1n) is 8.64. The average molecular weight is 412 g/mol. The average Bonchev–Trinajstić information content (AvgIpc) is 3.06. The number of anilines is 1. The van der Waals surface area contributed by atoms with E-state index >= 15 is 0 Å². The van der Waals surface area contributed by atoms with Gasteiger partial charge in [-0.05, 0) is 13.3 Å². The lowest BCUT2D eigenvalue weighted by atomic mass is 10.1. The van der Waals surface area contributed by atoms with Gasteiger partial charge in [0.15, 0.2) is 11.2 Å². The lowest BCUT2D eigenvalue weighted by Gasteiger charge is -2.18. The monoisotopic (exact) mass is 412 g/mol. The molecule has 154 valence electrons. The van der Waals surface area contributed by atoms with Gasteiger partial charge in [-0.3, -0.25) is 14.7 Å². The Morgan fingerprint density at radius 3 is 2.75 bits per heavy atom. The van der Waals surface area contributed by atoms with Gasteiger partial charge in [-0.15, -0.1) is 0 Å². The molecule has 0 aliphatic rings. The maximum atomic E-state index is 11.8. The summed E-state index contributed by atoms with van der Waals surface area (Å²) >= 11 is 0. The number of nitrogens with two attached hydrogens (primary N) is 1. The summed E-state index contributed by atoms with van der Waals surface area (Å²) in [5.74, 6) is -0.525. The van der Waals surface area contributed by atoms with Crippen LogP contribution in [-0.2, 0) is 25.6 Å². The second-order valence-corrected chi connectivity index (χ2v) is 6.51. The summed E-state index contributed by atoms with van der Waals surface area (Å²) in [6, 6.07) is -0.429. The zero-order valence-electron chi connectivity index (χ0n) is 16.0. The van der Waals surface area contributed by atoms with Crippen molar-refractivity contribution in [3.05, 3.63) is 6.33 Å². The van der Waals surface area contributed by atoms with Gasteiger partial charge >= 0.3 is 11.9 Å². The number of nitrogen functional groups attached to an aromatic ring is 1. The van der Waals surface area contributed by atoms with Crippen molar-refractivity contribution in [2.45, 2.75) is 32.9 Å². The Morgan fingerprint density at radius 2 is 2.11 bits per heavy atom. The normalized spacial score (nSPS) is 13.1. The number of ether oxygens (including phenoxy) is 3. The molecule has 3 N–H and O–H groups in total. The molecule has 28 heavy (non-hydrogen) atoms. The highest BCUT2D eigenvalue weighted by Gasteiger charge is 2.19. The number of carbonyl (C=O) groups is 2. The van der Waals surface area contributed by atoms with Crippen LogP contribution in [-0.4, -0.2) is 57.8 Å². The number of nitrogens with zero attached hydrogens (tertiary/aromatic N) is 4. The first kappa shape index (κ1) is 21.8. The molecule has 0 spiro atoms. The van der Waals surface area contributed by atoms with Gasteiger partial charge in [-0.1, -0.05) is 9.39 Å². The van der Waals surface area contributed by atoms with E-state index in [0.717, 1.165) is 0 Å². The molecule has 3 atom stereocenters. The number of imidazole rings is 1. The summed E-state index contributed by atoms with van der Waals surface area (Å²) in [6.07, 6.45) is 2.08. The zero-order valence-corrected chi connectivity index (χ0v) is 17.2. The molecular formula is C16H25N6O5P. The van der Waals surface area contributed by atoms with Crippen molar-refractivity contribution in [3.63, 3.8) is 0 Å². The van der Waals surface area contributed by atoms with E-state index < -0.39 is 6.04 Å². The summed E-state index contributed by atoms with van der Waals surface area (Å²) in [5, 5.41) is 2.74. The number of fused-ring (bicyclic) bond motifs is 1. The minimum atomic E-state index is -0.429. The molecule has 0 saturated heterocycles. The van der Waals surface area contributed by atoms with Crippen LogP contribution in [0.5, 0.6) is 5.88 Å². The molecule has 2 rings (SSSR count). The molecule has 11 nitrogen and oxygen atoms in total. The van der Waals surface area contributed by atoms with Crippen molar-refractivity contribution < 1.29 is 23.8 Å². The standard InChI is InChI=1S/C16H25N6O5P/c1-9(21-28)15(24)26-5-4-11(7-27-10(2)23)6-22-8-18-12-13(22)19-16(17)20-14(12)25-3/h8-9,11,21H,4-7,28H2,1-3H3,(H2,17,19,20)/t9-,11+/m0/s1. The quantitative estimate of drug-likeness (QED) is 0.413. The highest BCUT2D eigenvalue weighted by atomic mass is 31.0. The molecule has 0 amide bonds. The van der Waals surface area contributed by atoms with E-state index in [0.29, 0.717) is 24.1 Å². The third-order valence-corrected chi connectivity index (χ3v) is 4.49. The Kier molecular flexibility index (Phi) is 7.89. The first-order chi connectivity index (χ1) is 13.3. The maximum Gasteiger partial charge on any atom is 0.323 e. The van der Waals surface area contributed by atoms with Crippen LogP contribution >= 0.6 is 9.39 Å². The minimum Gasteiger partial charge on any atom is -0.479 e. The SMILES string of the molecule is COc1nc(N)nc2c1ncn2C[C@@H](CCOC(=O)[C@H](C)NP)COC(C)=O. The highest BCUT2D eigenvalue weighted by Crippen LogP contribution is 2.22. The van der Waals surface area contributed by atoms with Crippen LogP contribution in [0.3, 0.4) is 0 Å². The summed E-state index contributed by atoms with van der Waals surface area (Å²) < 4.78 is 17.4. The minimum absolute atomic E-state index is 0.0653. The lowest BCUT2D eigenvalue weighted by molar-refractivity contribution is -0.147. The fourth-order valence-corrected chi connectivity index (χ4v) is 2.61. The van der Waals surface area contributed by atoms with Crippen LogP contribution in [0.15, 0.2) is 6.33 Å². The van der Waals surface area contributed by atoms with Gasteiger partial charge in [0.1, 0.15) is 6.04 Å². The molecule has 2 aromatic rings. The summed E-state index contributed by atoms with van der Waals surface area (Å²) in [7, 11) is 3.75. The van der Waals surface area contributed by atoms with Crippen molar-refractivity contribution in [2.75, 3.05) is 26.1 Å². The number of aromatic nitrogens is 4. The van der Waals surface area contributed by atoms with Crippen molar-refractivity contribution in [1.82, 2.24) is 24.6 Å². The zero-order chi connectivity index (χ0) is 20.7. The van der Waals surface area contributed by atoms with Gasteiger partial charge in [0.05, 0.1) is 26.7 Å². The Hall–Kier alpha value is -2.52. The smallest absolute Gasteiger partial charge is 0.323 e. The first-order valence-corrected chi connectivity index (χ1v) is 9.21. The van der Waals surface area contributed by atoms with Crippen LogP contribution in [0.25, 0.3) is 11.2 Å². The van der Waals surface area contributed by atoms with Gasteiger partial charge in [0.25, 0.3) is 0 Å². The van der Waals surface area contributed by atoms with Crippen molar-refractivity contribution >= 4 is 38.4 Å². The van der Waals surface area contributed by atoms with Gasteiger partial charge in [-0.25, -0.2) is 4.98 Å². The molecule has 1 unspecified atom stereocenters. The fourth-order valence-electron chi connectivity index (χ4n) is 2.47. The van der Waals surface area contributed by atoms with Crippen LogP contribution in [0.1, 0.15) is 20.3 Å². The van der Waals surface area contributed by atoms with E-state index in [-0.39, 0.29) is 42.9 Å². The second-order valence-electron chi connectivity index (χ2n) is 6.17. The van der Waals surface area contributed by atoms with E-state index in [9.17, 15) is 9.59 Å². The van der Waals surface area contributed by atoms with Crippen LogP contribution < -0.4 is 15.6 Å². The number of hydrogen-bond acceptors (Lipinski definition) is 10. The topological polar surface area (TPSA) is 143 Å². The van der Waals surface area contributed by atoms with Gasteiger partial charge in [0.2, 0.25) is 11.8 Å². The summed E-state index contributed by atoms with van der Waals surface area (Å²) in [6.45, 7) is 3.82. The van der Waals surface area contributed by atoms with Gasteiger partial charge < -0.3 is 24.5 Å². The summed E-state index contributed by atoms with van der Waals surface area (Å²) in [5.41, 5.74) is 6.73. The van der Waals surface area contributed by atoms with E-state index in [1.54, 1.807) is 17.8 Å². The van der Waals surface area contributed by atoms with E-state index in [1.807, 2.05) is 0 Å². The van der Waals surface area contributed by atoms with Crippen LogP contribution in [0, 0.1) is 5.92 Å². The number of esters is 2. The Labute approximate surface area is 164 Å². The number of nitrogens with one attached hydrogen (secondary N) is 1. The maximum absolute atomic E-state index is 11.8. The lowest BCUT2D eigenvalue weighted by Crippen LogP contribution is -2.30. The molecule has 0 aromatic carbocycles.